The number of aliphatic hydroxyl groups excluding tert-OH is 1. The molecule has 0 radical (unpaired) electrons. The van der Waals surface area contributed by atoms with Crippen molar-refractivity contribution in [2.24, 2.45) is 5.92 Å². The van der Waals surface area contributed by atoms with Crippen LogP contribution < -0.4 is 5.32 Å². The Balaban J connectivity index is 3.66. The monoisotopic (exact) mass is 173 g/mol. The summed E-state index contributed by atoms with van der Waals surface area (Å²) < 4.78 is 0. The van der Waals surface area contributed by atoms with Crippen LogP contribution in [0.3, 0.4) is 0 Å². The summed E-state index contributed by atoms with van der Waals surface area (Å²) >= 11 is 0. The zero-order valence-electron chi connectivity index (χ0n) is 8.13. The zero-order chi connectivity index (χ0) is 9.56. The largest absolute Gasteiger partial charge is 0.394 e. The minimum absolute atomic E-state index is 0.0281. The lowest BCUT2D eigenvalue weighted by atomic mass is 10.1. The predicted molar refractivity (Wildman–Crippen MR) is 48.8 cm³/mol. The molecule has 0 saturated carbocycles. The van der Waals surface area contributed by atoms with Gasteiger partial charge in [0, 0.05) is 6.42 Å². The molecule has 2 N–H and O–H groups in total. The highest BCUT2D eigenvalue weighted by atomic mass is 16.3. The van der Waals surface area contributed by atoms with E-state index in [1.807, 2.05) is 20.8 Å². The second kappa shape index (κ2) is 6.00. The van der Waals surface area contributed by atoms with E-state index in [9.17, 15) is 4.79 Å². The van der Waals surface area contributed by atoms with E-state index in [1.165, 1.54) is 0 Å². The van der Waals surface area contributed by atoms with Gasteiger partial charge in [-0.25, -0.2) is 0 Å². The summed E-state index contributed by atoms with van der Waals surface area (Å²) in [6.45, 7) is 5.97. The van der Waals surface area contributed by atoms with Gasteiger partial charge in [0.15, 0.2) is 0 Å². The van der Waals surface area contributed by atoms with Gasteiger partial charge in [-0.15, -0.1) is 0 Å². The van der Waals surface area contributed by atoms with Crippen LogP contribution in [-0.4, -0.2) is 23.7 Å². The van der Waals surface area contributed by atoms with E-state index < -0.39 is 0 Å². The Bertz CT molecular complexity index is 130. The van der Waals surface area contributed by atoms with Gasteiger partial charge in [0.05, 0.1) is 12.6 Å². The molecule has 0 aromatic rings. The topological polar surface area (TPSA) is 49.3 Å². The van der Waals surface area contributed by atoms with Crippen LogP contribution in [0.25, 0.3) is 0 Å². The van der Waals surface area contributed by atoms with E-state index >= 15 is 0 Å². The molecule has 0 aromatic heterocycles. The number of carbonyl (C=O) groups excluding carboxylic acids is 1. The Kier molecular flexibility index (Phi) is 5.72. The number of nitrogens with one attached hydrogen (secondary N) is 1. The van der Waals surface area contributed by atoms with Crippen molar-refractivity contribution in [3.05, 3.63) is 0 Å². The van der Waals surface area contributed by atoms with Gasteiger partial charge in [0.2, 0.25) is 5.91 Å². The maximum atomic E-state index is 11.2. The first-order valence-electron chi connectivity index (χ1n) is 4.50. The van der Waals surface area contributed by atoms with E-state index in [2.05, 4.69) is 5.32 Å². The SMILES string of the molecule is CC[C@@H](CO)NC(=O)CC(C)C. The normalized spacial score (nSPS) is 13.1. The minimum Gasteiger partial charge on any atom is -0.394 e. The lowest BCUT2D eigenvalue weighted by molar-refractivity contribution is -0.122. The van der Waals surface area contributed by atoms with Gasteiger partial charge < -0.3 is 10.4 Å². The average Bonchev–Trinajstić information content (AvgIpc) is 1.98. The molecule has 0 heterocycles. The fraction of sp³-hybridized carbons (Fsp3) is 0.889. The van der Waals surface area contributed by atoms with Gasteiger partial charge in [-0.3, -0.25) is 4.79 Å². The van der Waals surface area contributed by atoms with Crippen molar-refractivity contribution >= 4 is 5.91 Å². The summed E-state index contributed by atoms with van der Waals surface area (Å²) in [7, 11) is 0. The third-order valence-corrected chi connectivity index (χ3v) is 1.67. The summed E-state index contributed by atoms with van der Waals surface area (Å²) in [6, 6.07) is -0.0729. The van der Waals surface area contributed by atoms with Gasteiger partial charge >= 0.3 is 0 Å². The predicted octanol–water partition coefficient (Wildman–Crippen LogP) is 0.920. The highest BCUT2D eigenvalue weighted by Gasteiger charge is 2.09. The van der Waals surface area contributed by atoms with Crippen molar-refractivity contribution in [3.63, 3.8) is 0 Å². The van der Waals surface area contributed by atoms with Crippen LogP contribution in [0.1, 0.15) is 33.6 Å². The number of hydrogen-bond acceptors (Lipinski definition) is 2. The van der Waals surface area contributed by atoms with Gasteiger partial charge in [-0.1, -0.05) is 20.8 Å². The molecule has 3 heteroatoms. The van der Waals surface area contributed by atoms with Crippen molar-refractivity contribution in [1.82, 2.24) is 5.32 Å². The first-order chi connectivity index (χ1) is 5.60. The third kappa shape index (κ3) is 5.13. The van der Waals surface area contributed by atoms with Crippen molar-refractivity contribution in [3.8, 4) is 0 Å². The quantitative estimate of drug-likeness (QED) is 0.649. The Hall–Kier alpha value is -0.570. The molecule has 12 heavy (non-hydrogen) atoms. The summed E-state index contributed by atoms with van der Waals surface area (Å²) in [6.07, 6.45) is 1.32. The van der Waals surface area contributed by atoms with Gasteiger partial charge in [0.1, 0.15) is 0 Å². The molecule has 0 aliphatic rings. The van der Waals surface area contributed by atoms with Crippen molar-refractivity contribution in [1.29, 1.82) is 0 Å². The number of aliphatic hydroxyl groups is 1. The van der Waals surface area contributed by atoms with Crippen LogP contribution >= 0.6 is 0 Å². The smallest absolute Gasteiger partial charge is 0.220 e. The molecule has 0 fully saturated rings. The fourth-order valence-electron chi connectivity index (χ4n) is 0.934. The highest BCUT2D eigenvalue weighted by molar-refractivity contribution is 5.76. The van der Waals surface area contributed by atoms with Gasteiger partial charge in [0.25, 0.3) is 0 Å². The minimum atomic E-state index is -0.0729. The summed E-state index contributed by atoms with van der Waals surface area (Å²) in [5, 5.41) is 11.6. The first-order valence-corrected chi connectivity index (χ1v) is 4.50. The Labute approximate surface area is 74.2 Å². The van der Waals surface area contributed by atoms with E-state index in [4.69, 9.17) is 5.11 Å². The summed E-state index contributed by atoms with van der Waals surface area (Å²) in [4.78, 5) is 11.2. The number of carbonyl (C=O) groups is 1. The van der Waals surface area contributed by atoms with Crippen LogP contribution in [0.4, 0.5) is 0 Å². The van der Waals surface area contributed by atoms with Crippen molar-refractivity contribution < 1.29 is 9.90 Å². The molecular weight excluding hydrogens is 154 g/mol. The average molecular weight is 173 g/mol. The lowest BCUT2D eigenvalue weighted by Gasteiger charge is -2.14. The standard InChI is InChI=1S/C9H19NO2/c1-4-8(6-11)10-9(12)5-7(2)3/h7-8,11H,4-6H2,1-3H3,(H,10,12)/t8-/m0/s1. The Morgan fingerprint density at radius 2 is 2.08 bits per heavy atom. The zero-order valence-corrected chi connectivity index (χ0v) is 8.13. The number of rotatable bonds is 5. The van der Waals surface area contributed by atoms with Crippen LogP contribution in [0.5, 0.6) is 0 Å². The molecule has 0 aliphatic heterocycles. The van der Waals surface area contributed by atoms with Crippen molar-refractivity contribution in [2.75, 3.05) is 6.61 Å². The molecule has 3 nitrogen and oxygen atoms in total. The maximum Gasteiger partial charge on any atom is 0.220 e. The van der Waals surface area contributed by atoms with Crippen LogP contribution in [0, 0.1) is 5.92 Å². The molecule has 0 spiro atoms. The summed E-state index contributed by atoms with van der Waals surface area (Å²) in [5.41, 5.74) is 0. The van der Waals surface area contributed by atoms with Crippen LogP contribution in [0.2, 0.25) is 0 Å². The maximum absolute atomic E-state index is 11.2. The van der Waals surface area contributed by atoms with Crippen LogP contribution in [-0.2, 0) is 4.79 Å². The first kappa shape index (κ1) is 11.4. The highest BCUT2D eigenvalue weighted by Crippen LogP contribution is 1.99. The van der Waals surface area contributed by atoms with E-state index in [-0.39, 0.29) is 18.6 Å². The molecular formula is C9H19NO2. The molecule has 0 aromatic carbocycles. The number of amides is 1. The van der Waals surface area contributed by atoms with E-state index in [1.54, 1.807) is 0 Å². The molecule has 0 unspecified atom stereocenters. The molecule has 0 aliphatic carbocycles. The van der Waals surface area contributed by atoms with E-state index in [0.717, 1.165) is 6.42 Å². The van der Waals surface area contributed by atoms with Crippen LogP contribution in [0.15, 0.2) is 0 Å². The molecule has 0 saturated heterocycles. The molecule has 0 bridgehead atoms. The van der Waals surface area contributed by atoms with Gasteiger partial charge in [-0.2, -0.15) is 0 Å². The van der Waals surface area contributed by atoms with Gasteiger partial charge in [-0.05, 0) is 12.3 Å². The molecule has 0 rings (SSSR count). The molecule has 72 valence electrons. The second-order valence-corrected chi connectivity index (χ2v) is 3.45. The fourth-order valence-corrected chi connectivity index (χ4v) is 0.934. The second-order valence-electron chi connectivity index (χ2n) is 3.45. The van der Waals surface area contributed by atoms with E-state index in [0.29, 0.717) is 12.3 Å². The lowest BCUT2D eigenvalue weighted by Crippen LogP contribution is -2.37. The van der Waals surface area contributed by atoms with Crippen molar-refractivity contribution in [2.45, 2.75) is 39.7 Å². The molecule has 1 amide bonds. The molecule has 1 atom stereocenters. The summed E-state index contributed by atoms with van der Waals surface area (Å²) in [5.74, 6) is 0.409. The third-order valence-electron chi connectivity index (χ3n) is 1.67. The Morgan fingerprint density at radius 1 is 1.50 bits per heavy atom. The number of hydrogen-bond donors (Lipinski definition) is 2. The Morgan fingerprint density at radius 3 is 2.42 bits per heavy atom.